The number of hydrogen-bond donors (Lipinski definition) is 0. The molecular weight excluding hydrogens is 434 g/mol. The molecule has 0 bridgehead atoms. The Labute approximate surface area is 193 Å². The van der Waals surface area contributed by atoms with Gasteiger partial charge in [0.05, 0.1) is 17.5 Å². The minimum atomic E-state index is -4.73. The maximum atomic E-state index is 13.3. The molecule has 1 unspecified atom stereocenters. The zero-order chi connectivity index (χ0) is 25.4. The van der Waals surface area contributed by atoms with Gasteiger partial charge < -0.3 is 0 Å². The topological polar surface area (TPSA) is 37.4 Å². The smallest absolute Gasteiger partial charge is 0.278 e. The molecule has 1 aliphatic carbocycles. The number of carbonyl (C=O) groups is 2. The van der Waals surface area contributed by atoms with E-state index in [0.717, 1.165) is 22.6 Å². The molecule has 2 amide bonds. The van der Waals surface area contributed by atoms with Gasteiger partial charge in [0.2, 0.25) is 11.8 Å². The minimum absolute atomic E-state index is 0.0997. The van der Waals surface area contributed by atoms with Crippen LogP contribution in [0, 0.1) is 11.2 Å². The summed E-state index contributed by atoms with van der Waals surface area (Å²) in [6.45, 7) is 12.1. The molecule has 2 atom stereocenters. The predicted octanol–water partition coefficient (Wildman–Crippen LogP) is 7.36. The standard InChI is InChI=1S/C20H15F4NO2.3C2H6/c21-13-6-7-14(15(8-13)20(22,23)24)16-9-19(16)10-17(26)25(18(19)27)11-12-4-2-1-3-5-12;3*1-2/h1-8,16H,9-11H2;3*1-2H3/t16?,19-;;;/m1.../s1. The third-order valence-electron chi connectivity index (χ3n) is 5.39. The third-order valence-corrected chi connectivity index (χ3v) is 5.39. The first-order chi connectivity index (χ1) is 15.7. The van der Waals surface area contributed by atoms with E-state index < -0.39 is 34.8 Å². The summed E-state index contributed by atoms with van der Waals surface area (Å²) in [4.78, 5) is 26.4. The molecule has 1 spiro atoms. The lowest BCUT2D eigenvalue weighted by atomic mass is 9.94. The summed E-state index contributed by atoms with van der Waals surface area (Å²) >= 11 is 0. The quantitative estimate of drug-likeness (QED) is 0.349. The molecule has 1 saturated carbocycles. The van der Waals surface area contributed by atoms with Crippen molar-refractivity contribution in [2.24, 2.45) is 5.41 Å². The Balaban J connectivity index is 0.000000841. The van der Waals surface area contributed by atoms with E-state index in [4.69, 9.17) is 0 Å². The highest BCUT2D eigenvalue weighted by Gasteiger charge is 2.68. The molecule has 2 fully saturated rings. The van der Waals surface area contributed by atoms with Gasteiger partial charge in [0, 0.05) is 12.3 Å². The van der Waals surface area contributed by atoms with Crippen LogP contribution < -0.4 is 0 Å². The summed E-state index contributed by atoms with van der Waals surface area (Å²) in [5.74, 6) is -2.55. The van der Waals surface area contributed by atoms with Crippen LogP contribution in [0.4, 0.5) is 17.6 Å². The molecule has 0 aromatic heterocycles. The molecule has 7 heteroatoms. The Bertz CT molecular complexity index is 928. The van der Waals surface area contributed by atoms with Crippen molar-refractivity contribution >= 4 is 11.8 Å². The van der Waals surface area contributed by atoms with Gasteiger partial charge in [-0.25, -0.2) is 4.39 Å². The number of likely N-dealkylation sites (tertiary alicyclic amines) is 1. The van der Waals surface area contributed by atoms with Gasteiger partial charge in [-0.3, -0.25) is 14.5 Å². The number of halogens is 4. The number of imide groups is 1. The van der Waals surface area contributed by atoms with Crippen molar-refractivity contribution in [3.63, 3.8) is 0 Å². The maximum absolute atomic E-state index is 13.3. The van der Waals surface area contributed by atoms with Crippen LogP contribution in [0.25, 0.3) is 0 Å². The molecule has 2 aromatic carbocycles. The second-order valence-corrected chi connectivity index (χ2v) is 7.09. The van der Waals surface area contributed by atoms with E-state index in [9.17, 15) is 27.2 Å². The molecule has 2 aromatic rings. The summed E-state index contributed by atoms with van der Waals surface area (Å²) in [6, 6.07) is 11.4. The summed E-state index contributed by atoms with van der Waals surface area (Å²) in [7, 11) is 0. The minimum Gasteiger partial charge on any atom is -0.278 e. The highest BCUT2D eigenvalue weighted by Crippen LogP contribution is 2.66. The van der Waals surface area contributed by atoms with Crippen molar-refractivity contribution in [2.75, 3.05) is 0 Å². The van der Waals surface area contributed by atoms with Gasteiger partial charge in [-0.2, -0.15) is 13.2 Å². The average Bonchev–Trinajstić information content (AvgIpc) is 3.50. The highest BCUT2D eigenvalue weighted by atomic mass is 19.4. The predicted molar refractivity (Wildman–Crippen MR) is 122 cm³/mol. The second-order valence-electron chi connectivity index (χ2n) is 7.09. The number of hydrogen-bond acceptors (Lipinski definition) is 2. The molecule has 1 heterocycles. The molecule has 1 aliphatic heterocycles. The molecule has 1 saturated heterocycles. The SMILES string of the molecule is CC.CC.CC.O=C1C[C@@]2(CC2c2ccc(F)cc2C(F)(F)F)C(=O)N1Cc1ccccc1. The van der Waals surface area contributed by atoms with Gasteiger partial charge in [0.1, 0.15) is 5.82 Å². The van der Waals surface area contributed by atoms with Crippen LogP contribution in [0.1, 0.15) is 77.0 Å². The average molecular weight is 468 g/mol. The van der Waals surface area contributed by atoms with Gasteiger partial charge in [0.15, 0.2) is 0 Å². The number of alkyl halides is 3. The number of rotatable bonds is 3. The summed E-state index contributed by atoms with van der Waals surface area (Å²) < 4.78 is 53.2. The first-order valence-electron chi connectivity index (χ1n) is 11.5. The number of benzene rings is 2. The fraction of sp³-hybridized carbons (Fsp3) is 0.462. The van der Waals surface area contributed by atoms with Gasteiger partial charge in [0.25, 0.3) is 0 Å². The van der Waals surface area contributed by atoms with Gasteiger partial charge >= 0.3 is 6.18 Å². The van der Waals surface area contributed by atoms with Crippen molar-refractivity contribution in [2.45, 2.75) is 73.0 Å². The van der Waals surface area contributed by atoms with Crippen molar-refractivity contribution < 1.29 is 27.2 Å². The van der Waals surface area contributed by atoms with Crippen LogP contribution in [0.2, 0.25) is 0 Å². The molecule has 0 radical (unpaired) electrons. The number of amides is 2. The lowest BCUT2D eigenvalue weighted by molar-refractivity contribution is -0.141. The Morgan fingerprint density at radius 3 is 2.06 bits per heavy atom. The van der Waals surface area contributed by atoms with E-state index in [1.54, 1.807) is 24.3 Å². The fourth-order valence-electron chi connectivity index (χ4n) is 3.97. The Morgan fingerprint density at radius 2 is 1.52 bits per heavy atom. The van der Waals surface area contributed by atoms with E-state index in [0.29, 0.717) is 6.07 Å². The third kappa shape index (κ3) is 6.01. The monoisotopic (exact) mass is 467 g/mol. The molecule has 4 rings (SSSR count). The van der Waals surface area contributed by atoms with E-state index in [-0.39, 0.29) is 30.9 Å². The largest absolute Gasteiger partial charge is 0.416 e. The van der Waals surface area contributed by atoms with E-state index in [1.165, 1.54) is 0 Å². The molecule has 33 heavy (non-hydrogen) atoms. The molecule has 3 nitrogen and oxygen atoms in total. The first-order valence-corrected chi connectivity index (χ1v) is 11.5. The number of nitrogens with zero attached hydrogens (tertiary/aromatic N) is 1. The highest BCUT2D eigenvalue weighted by molar-refractivity contribution is 6.08. The molecule has 2 aliphatic rings. The lowest BCUT2D eigenvalue weighted by Gasteiger charge is -2.16. The Hall–Kier alpha value is -2.70. The zero-order valence-electron chi connectivity index (χ0n) is 20.1. The second kappa shape index (κ2) is 12.0. The maximum Gasteiger partial charge on any atom is 0.416 e. The fourth-order valence-corrected chi connectivity index (χ4v) is 3.97. The van der Waals surface area contributed by atoms with Crippen molar-refractivity contribution in [3.8, 4) is 0 Å². The normalized spacial score (nSPS) is 20.8. The van der Waals surface area contributed by atoms with Crippen LogP contribution in [-0.2, 0) is 22.3 Å². The summed E-state index contributed by atoms with van der Waals surface area (Å²) in [6.07, 6.45) is -4.67. The van der Waals surface area contributed by atoms with Crippen LogP contribution in [0.5, 0.6) is 0 Å². The van der Waals surface area contributed by atoms with Gasteiger partial charge in [-0.05, 0) is 29.7 Å². The van der Waals surface area contributed by atoms with Gasteiger partial charge in [-0.15, -0.1) is 0 Å². The van der Waals surface area contributed by atoms with E-state index >= 15 is 0 Å². The Kier molecular flexibility index (Phi) is 10.3. The Morgan fingerprint density at radius 1 is 0.939 bits per heavy atom. The molecular formula is C26H33F4NO2. The zero-order valence-corrected chi connectivity index (χ0v) is 20.1. The summed E-state index contributed by atoms with van der Waals surface area (Å²) in [5, 5.41) is 0. The van der Waals surface area contributed by atoms with E-state index in [2.05, 4.69) is 0 Å². The lowest BCUT2D eigenvalue weighted by Crippen LogP contribution is -2.31. The summed E-state index contributed by atoms with van der Waals surface area (Å²) in [5.41, 5.74) is -1.56. The van der Waals surface area contributed by atoms with Crippen LogP contribution in [-0.4, -0.2) is 16.7 Å². The first kappa shape index (κ1) is 28.3. The van der Waals surface area contributed by atoms with Gasteiger partial charge in [-0.1, -0.05) is 77.9 Å². The van der Waals surface area contributed by atoms with Crippen molar-refractivity contribution in [1.82, 2.24) is 4.90 Å². The van der Waals surface area contributed by atoms with Crippen LogP contribution >= 0.6 is 0 Å². The van der Waals surface area contributed by atoms with Crippen molar-refractivity contribution in [1.29, 1.82) is 0 Å². The van der Waals surface area contributed by atoms with Crippen LogP contribution in [0.3, 0.4) is 0 Å². The van der Waals surface area contributed by atoms with Crippen LogP contribution in [0.15, 0.2) is 48.5 Å². The van der Waals surface area contributed by atoms with Crippen molar-refractivity contribution in [3.05, 3.63) is 71.0 Å². The number of carbonyl (C=O) groups excluding carboxylic acids is 2. The molecule has 0 N–H and O–H groups in total. The van der Waals surface area contributed by atoms with E-state index in [1.807, 2.05) is 47.6 Å². The molecule has 182 valence electrons.